The number of hydrogen-bond donors (Lipinski definition) is 1. The Morgan fingerprint density at radius 1 is 1.06 bits per heavy atom. The van der Waals surface area contributed by atoms with Crippen LogP contribution >= 0.6 is 0 Å². The minimum Gasteiger partial charge on any atom is -0.317 e. The quantitative estimate of drug-likeness (QED) is 0.882. The molecule has 1 aliphatic rings. The van der Waals surface area contributed by atoms with E-state index in [-0.39, 0.29) is 0 Å². The molecule has 2 heteroatoms. The van der Waals surface area contributed by atoms with E-state index < -0.39 is 0 Å². The Morgan fingerprint density at radius 3 is 2.28 bits per heavy atom. The zero-order chi connectivity index (χ0) is 13.1. The number of rotatable bonds is 3. The summed E-state index contributed by atoms with van der Waals surface area (Å²) in [6, 6.07) is 5.42. The number of nitrogens with zero attached hydrogens (tertiary/aromatic N) is 1. The Kier molecular flexibility index (Phi) is 4.41. The fourth-order valence-corrected chi connectivity index (χ4v) is 2.81. The van der Waals surface area contributed by atoms with Crippen molar-refractivity contribution in [3.05, 3.63) is 34.4 Å². The number of nitrogens with one attached hydrogen (secondary N) is 1. The van der Waals surface area contributed by atoms with Crippen LogP contribution in [0.4, 0.5) is 0 Å². The van der Waals surface area contributed by atoms with Crippen molar-refractivity contribution < 1.29 is 0 Å². The molecule has 0 amide bonds. The second kappa shape index (κ2) is 5.85. The summed E-state index contributed by atoms with van der Waals surface area (Å²) in [4.78, 5) is 2.59. The standard InChI is InChI=1S/C16H26N2/c1-12-9-14(3)15(10-13(12)2)11-18-7-5-16(17-4)6-8-18/h9-10,16-17H,5-8,11H2,1-4H3. The Hall–Kier alpha value is -0.860. The second-order valence-electron chi connectivity index (χ2n) is 5.70. The van der Waals surface area contributed by atoms with Crippen LogP contribution in [0.2, 0.25) is 0 Å². The molecule has 0 spiro atoms. The number of benzene rings is 1. The average Bonchev–Trinajstić information content (AvgIpc) is 2.37. The Balaban J connectivity index is 2.00. The molecule has 100 valence electrons. The first-order valence-corrected chi connectivity index (χ1v) is 7.06. The van der Waals surface area contributed by atoms with Gasteiger partial charge in [0.2, 0.25) is 0 Å². The van der Waals surface area contributed by atoms with Gasteiger partial charge >= 0.3 is 0 Å². The summed E-state index contributed by atoms with van der Waals surface area (Å²) in [6.07, 6.45) is 2.56. The largest absolute Gasteiger partial charge is 0.317 e. The fourth-order valence-electron chi connectivity index (χ4n) is 2.81. The van der Waals surface area contributed by atoms with Crippen molar-refractivity contribution in [2.24, 2.45) is 0 Å². The molecule has 0 bridgehead atoms. The van der Waals surface area contributed by atoms with Crippen molar-refractivity contribution in [2.45, 2.75) is 46.2 Å². The summed E-state index contributed by atoms with van der Waals surface area (Å²) >= 11 is 0. The monoisotopic (exact) mass is 246 g/mol. The molecule has 1 N–H and O–H groups in total. The highest BCUT2D eigenvalue weighted by molar-refractivity contribution is 5.36. The third kappa shape index (κ3) is 3.12. The van der Waals surface area contributed by atoms with Gasteiger partial charge in [0.15, 0.2) is 0 Å². The van der Waals surface area contributed by atoms with Gasteiger partial charge in [-0.05, 0) is 76.0 Å². The molecule has 0 radical (unpaired) electrons. The molecule has 0 aromatic heterocycles. The minimum atomic E-state index is 0.724. The van der Waals surface area contributed by atoms with Crippen molar-refractivity contribution >= 4 is 0 Å². The average molecular weight is 246 g/mol. The van der Waals surface area contributed by atoms with Gasteiger partial charge in [-0.2, -0.15) is 0 Å². The van der Waals surface area contributed by atoms with E-state index in [9.17, 15) is 0 Å². The number of piperidine rings is 1. The van der Waals surface area contributed by atoms with Gasteiger partial charge in [0.1, 0.15) is 0 Å². The van der Waals surface area contributed by atoms with Crippen LogP contribution in [0.25, 0.3) is 0 Å². The molecule has 2 nitrogen and oxygen atoms in total. The van der Waals surface area contributed by atoms with Crippen LogP contribution in [0, 0.1) is 20.8 Å². The number of hydrogen-bond acceptors (Lipinski definition) is 2. The highest BCUT2D eigenvalue weighted by Gasteiger charge is 2.18. The molecule has 0 saturated carbocycles. The van der Waals surface area contributed by atoms with E-state index in [0.29, 0.717) is 0 Å². The van der Waals surface area contributed by atoms with Crippen LogP contribution < -0.4 is 5.32 Å². The smallest absolute Gasteiger partial charge is 0.0236 e. The normalized spacial score (nSPS) is 18.2. The van der Waals surface area contributed by atoms with Gasteiger partial charge in [0, 0.05) is 12.6 Å². The minimum absolute atomic E-state index is 0.724. The summed E-state index contributed by atoms with van der Waals surface area (Å²) in [5.74, 6) is 0. The fraction of sp³-hybridized carbons (Fsp3) is 0.625. The molecule has 0 unspecified atom stereocenters. The summed E-state index contributed by atoms with van der Waals surface area (Å²) in [5, 5.41) is 3.39. The van der Waals surface area contributed by atoms with Crippen LogP contribution in [-0.2, 0) is 6.54 Å². The van der Waals surface area contributed by atoms with Gasteiger partial charge in [0.05, 0.1) is 0 Å². The lowest BCUT2D eigenvalue weighted by Crippen LogP contribution is -2.40. The van der Waals surface area contributed by atoms with E-state index in [2.05, 4.69) is 50.2 Å². The van der Waals surface area contributed by atoms with E-state index in [1.807, 2.05) is 0 Å². The van der Waals surface area contributed by atoms with Crippen molar-refractivity contribution in [1.82, 2.24) is 10.2 Å². The van der Waals surface area contributed by atoms with Gasteiger partial charge in [-0.3, -0.25) is 4.90 Å². The molecular weight excluding hydrogens is 220 g/mol. The Bertz CT molecular complexity index is 404. The lowest BCUT2D eigenvalue weighted by molar-refractivity contribution is 0.194. The highest BCUT2D eigenvalue weighted by atomic mass is 15.1. The van der Waals surface area contributed by atoms with E-state index in [1.165, 1.54) is 48.2 Å². The summed E-state index contributed by atoms with van der Waals surface area (Å²) in [5.41, 5.74) is 5.76. The first-order chi connectivity index (χ1) is 8.60. The lowest BCUT2D eigenvalue weighted by atomic mass is 9.99. The molecule has 1 aromatic carbocycles. The van der Waals surface area contributed by atoms with Gasteiger partial charge in [-0.1, -0.05) is 12.1 Å². The Labute approximate surface area is 111 Å². The summed E-state index contributed by atoms with van der Waals surface area (Å²) in [6.45, 7) is 10.2. The molecule has 1 heterocycles. The molecule has 1 fully saturated rings. The maximum Gasteiger partial charge on any atom is 0.0236 e. The van der Waals surface area contributed by atoms with Crippen molar-refractivity contribution in [3.8, 4) is 0 Å². The molecule has 0 aliphatic carbocycles. The van der Waals surface area contributed by atoms with E-state index >= 15 is 0 Å². The van der Waals surface area contributed by atoms with Gasteiger partial charge < -0.3 is 5.32 Å². The molecule has 0 atom stereocenters. The van der Waals surface area contributed by atoms with Crippen molar-refractivity contribution in [3.63, 3.8) is 0 Å². The van der Waals surface area contributed by atoms with Crippen LogP contribution in [0.15, 0.2) is 12.1 Å². The van der Waals surface area contributed by atoms with Crippen molar-refractivity contribution in [2.75, 3.05) is 20.1 Å². The van der Waals surface area contributed by atoms with Gasteiger partial charge in [0.25, 0.3) is 0 Å². The zero-order valence-electron chi connectivity index (χ0n) is 12.2. The highest BCUT2D eigenvalue weighted by Crippen LogP contribution is 2.19. The topological polar surface area (TPSA) is 15.3 Å². The van der Waals surface area contributed by atoms with Gasteiger partial charge in [-0.15, -0.1) is 0 Å². The van der Waals surface area contributed by atoms with Crippen molar-refractivity contribution in [1.29, 1.82) is 0 Å². The maximum absolute atomic E-state index is 3.39. The SMILES string of the molecule is CNC1CCN(Cc2cc(C)c(C)cc2C)CC1. The molecular formula is C16H26N2. The molecule has 1 aromatic rings. The predicted molar refractivity (Wildman–Crippen MR) is 78.0 cm³/mol. The first-order valence-electron chi connectivity index (χ1n) is 7.06. The second-order valence-corrected chi connectivity index (χ2v) is 5.70. The molecule has 2 rings (SSSR count). The molecule has 18 heavy (non-hydrogen) atoms. The summed E-state index contributed by atoms with van der Waals surface area (Å²) in [7, 11) is 2.08. The third-order valence-electron chi connectivity index (χ3n) is 4.34. The van der Waals surface area contributed by atoms with Gasteiger partial charge in [-0.25, -0.2) is 0 Å². The lowest BCUT2D eigenvalue weighted by Gasteiger charge is -2.32. The zero-order valence-corrected chi connectivity index (χ0v) is 12.2. The molecule has 1 saturated heterocycles. The van der Waals surface area contributed by atoms with E-state index in [4.69, 9.17) is 0 Å². The first kappa shape index (κ1) is 13.6. The van der Waals surface area contributed by atoms with Crippen LogP contribution in [-0.4, -0.2) is 31.1 Å². The number of aryl methyl sites for hydroxylation is 3. The third-order valence-corrected chi connectivity index (χ3v) is 4.34. The van der Waals surface area contributed by atoms with Crippen LogP contribution in [0.1, 0.15) is 35.1 Å². The Morgan fingerprint density at radius 2 is 1.67 bits per heavy atom. The molecule has 1 aliphatic heterocycles. The predicted octanol–water partition coefficient (Wildman–Crippen LogP) is 2.80. The van der Waals surface area contributed by atoms with E-state index in [1.54, 1.807) is 0 Å². The summed E-state index contributed by atoms with van der Waals surface area (Å²) < 4.78 is 0. The maximum atomic E-state index is 3.39. The van der Waals surface area contributed by atoms with Crippen LogP contribution in [0.3, 0.4) is 0 Å². The van der Waals surface area contributed by atoms with E-state index in [0.717, 1.165) is 12.6 Å². The number of likely N-dealkylation sites (tertiary alicyclic amines) is 1. The van der Waals surface area contributed by atoms with Crippen LogP contribution in [0.5, 0.6) is 0 Å².